The lowest BCUT2D eigenvalue weighted by Crippen LogP contribution is -1.76. The monoisotopic (exact) mass is 310 g/mol. The van der Waals surface area contributed by atoms with Gasteiger partial charge in [-0.2, -0.15) is 0 Å². The van der Waals surface area contributed by atoms with Crippen molar-refractivity contribution in [3.8, 4) is 0 Å². The van der Waals surface area contributed by atoms with E-state index in [-0.39, 0.29) is 0 Å². The summed E-state index contributed by atoms with van der Waals surface area (Å²) in [6, 6.07) is 0. The van der Waals surface area contributed by atoms with Crippen LogP contribution in [0.25, 0.3) is 0 Å². The number of allylic oxidation sites excluding steroid dienone is 14. The Morgan fingerprint density at radius 1 is 0.739 bits per heavy atom. The van der Waals surface area contributed by atoms with Gasteiger partial charge in [-0.05, 0) is 53.5 Å². The Morgan fingerprint density at radius 2 is 1.30 bits per heavy atom. The molecule has 124 valence electrons. The highest BCUT2D eigenvalue weighted by Crippen LogP contribution is 2.07. The first-order valence-electron chi connectivity index (χ1n) is 8.06. The standard InChI is InChI=1S/C22H30O/c1-19(2)11-8-13-21(4)15-10-17-22(5)16-9-14-20(3)12-6-7-18-23/h6-7,9-12,14-18H,8,13H2,1-5H3/b7-6+,14-9+,17-10+,20-12+,21-15+,22-16+. The first kappa shape index (κ1) is 20.9. The number of carbonyl (C=O) groups excluding carboxylic acids is 1. The largest absolute Gasteiger partial charge is 0.299 e. The molecule has 0 rings (SSSR count). The molecule has 0 aliphatic carbocycles. The molecule has 0 radical (unpaired) electrons. The summed E-state index contributed by atoms with van der Waals surface area (Å²) in [5.41, 5.74) is 5.07. The number of aldehydes is 1. The Morgan fingerprint density at radius 3 is 1.87 bits per heavy atom. The van der Waals surface area contributed by atoms with Crippen molar-refractivity contribution in [1.82, 2.24) is 0 Å². The maximum absolute atomic E-state index is 10.2. The van der Waals surface area contributed by atoms with Crippen molar-refractivity contribution in [3.05, 3.63) is 83.1 Å². The fourth-order valence-corrected chi connectivity index (χ4v) is 1.75. The Labute approximate surface area is 142 Å². The van der Waals surface area contributed by atoms with E-state index in [4.69, 9.17) is 0 Å². The van der Waals surface area contributed by atoms with Crippen LogP contribution in [-0.2, 0) is 4.79 Å². The predicted molar refractivity (Wildman–Crippen MR) is 103 cm³/mol. The molecule has 0 atom stereocenters. The van der Waals surface area contributed by atoms with E-state index >= 15 is 0 Å². The van der Waals surface area contributed by atoms with Crippen LogP contribution in [0.4, 0.5) is 0 Å². The molecule has 0 aliphatic heterocycles. The molecule has 1 nitrogen and oxygen atoms in total. The molecule has 23 heavy (non-hydrogen) atoms. The minimum Gasteiger partial charge on any atom is -0.299 e. The first-order valence-corrected chi connectivity index (χ1v) is 8.06. The normalized spacial score (nSPS) is 14.2. The molecule has 1 heteroatoms. The van der Waals surface area contributed by atoms with Crippen LogP contribution in [0.1, 0.15) is 47.5 Å². The smallest absolute Gasteiger partial charge is 0.142 e. The van der Waals surface area contributed by atoms with Gasteiger partial charge in [0, 0.05) is 0 Å². The van der Waals surface area contributed by atoms with E-state index in [0.29, 0.717) is 0 Å². The number of hydrogen-bond acceptors (Lipinski definition) is 1. The second-order valence-electron chi connectivity index (χ2n) is 5.89. The summed E-state index contributed by atoms with van der Waals surface area (Å²) in [6.07, 6.45) is 22.9. The van der Waals surface area contributed by atoms with Crippen LogP contribution in [0.5, 0.6) is 0 Å². The lowest BCUT2D eigenvalue weighted by atomic mass is 10.1. The highest BCUT2D eigenvalue weighted by molar-refractivity contribution is 5.65. The molecule has 0 spiro atoms. The van der Waals surface area contributed by atoms with Gasteiger partial charge in [0.15, 0.2) is 0 Å². The molecular formula is C22H30O. The summed E-state index contributed by atoms with van der Waals surface area (Å²) in [7, 11) is 0. The molecular weight excluding hydrogens is 280 g/mol. The second kappa shape index (κ2) is 13.5. The average molecular weight is 310 g/mol. The van der Waals surface area contributed by atoms with Crippen molar-refractivity contribution in [1.29, 1.82) is 0 Å². The van der Waals surface area contributed by atoms with Crippen LogP contribution in [0.15, 0.2) is 83.1 Å². The summed E-state index contributed by atoms with van der Waals surface area (Å²) >= 11 is 0. The first-order chi connectivity index (χ1) is 11.0. The van der Waals surface area contributed by atoms with Gasteiger partial charge in [-0.15, -0.1) is 0 Å². The van der Waals surface area contributed by atoms with Gasteiger partial charge in [0.25, 0.3) is 0 Å². The summed E-state index contributed by atoms with van der Waals surface area (Å²) in [6.45, 7) is 10.5. The van der Waals surface area contributed by atoms with Gasteiger partial charge in [-0.3, -0.25) is 4.79 Å². The summed E-state index contributed by atoms with van der Waals surface area (Å²) < 4.78 is 0. The number of hydrogen-bond donors (Lipinski definition) is 0. The quantitative estimate of drug-likeness (QED) is 0.207. The van der Waals surface area contributed by atoms with Gasteiger partial charge in [0.1, 0.15) is 6.29 Å². The van der Waals surface area contributed by atoms with Crippen LogP contribution in [-0.4, -0.2) is 6.29 Å². The number of carbonyl (C=O) groups is 1. The molecule has 0 bridgehead atoms. The van der Waals surface area contributed by atoms with E-state index in [0.717, 1.165) is 24.7 Å². The van der Waals surface area contributed by atoms with Gasteiger partial charge >= 0.3 is 0 Å². The average Bonchev–Trinajstić information content (AvgIpc) is 2.47. The van der Waals surface area contributed by atoms with E-state index in [1.807, 2.05) is 25.2 Å². The van der Waals surface area contributed by atoms with Crippen LogP contribution in [0, 0.1) is 0 Å². The Kier molecular flexibility index (Phi) is 12.2. The highest BCUT2D eigenvalue weighted by Gasteiger charge is 1.87. The van der Waals surface area contributed by atoms with Crippen molar-refractivity contribution < 1.29 is 4.79 Å². The lowest BCUT2D eigenvalue weighted by Gasteiger charge is -1.96. The van der Waals surface area contributed by atoms with Crippen LogP contribution < -0.4 is 0 Å². The zero-order valence-corrected chi connectivity index (χ0v) is 15.2. The molecule has 0 aromatic rings. The Balaban J connectivity index is 4.42. The van der Waals surface area contributed by atoms with Crippen molar-refractivity contribution in [2.45, 2.75) is 47.5 Å². The predicted octanol–water partition coefficient (Wildman–Crippen LogP) is 6.44. The molecule has 0 aromatic carbocycles. The van der Waals surface area contributed by atoms with Gasteiger partial charge < -0.3 is 0 Å². The van der Waals surface area contributed by atoms with Crippen LogP contribution >= 0.6 is 0 Å². The van der Waals surface area contributed by atoms with E-state index in [1.54, 1.807) is 6.08 Å². The molecule has 0 aliphatic rings. The minimum absolute atomic E-state index is 0.775. The van der Waals surface area contributed by atoms with E-state index < -0.39 is 0 Å². The Bertz CT molecular complexity index is 557. The third-order valence-electron chi connectivity index (χ3n) is 3.10. The van der Waals surface area contributed by atoms with E-state index in [9.17, 15) is 4.79 Å². The summed E-state index contributed by atoms with van der Waals surface area (Å²) in [5, 5.41) is 0. The van der Waals surface area contributed by atoms with Crippen LogP contribution in [0.2, 0.25) is 0 Å². The van der Waals surface area contributed by atoms with E-state index in [2.05, 4.69) is 58.1 Å². The van der Waals surface area contributed by atoms with Crippen molar-refractivity contribution in [3.63, 3.8) is 0 Å². The molecule has 0 aromatic heterocycles. The topological polar surface area (TPSA) is 17.1 Å². The molecule has 0 fully saturated rings. The fraction of sp³-hybridized carbons (Fsp3) is 0.318. The molecule has 0 unspecified atom stereocenters. The molecule has 0 saturated heterocycles. The lowest BCUT2D eigenvalue weighted by molar-refractivity contribution is -0.104. The minimum atomic E-state index is 0.775. The molecule has 0 saturated carbocycles. The van der Waals surface area contributed by atoms with Crippen molar-refractivity contribution in [2.75, 3.05) is 0 Å². The Hall–Kier alpha value is -2.15. The second-order valence-corrected chi connectivity index (χ2v) is 5.89. The third-order valence-corrected chi connectivity index (χ3v) is 3.10. The SMILES string of the molecule is CC(C)=CCC/C(C)=C/C=C/C(C)=C/C=C/C(C)=C/C=C/C=O. The maximum Gasteiger partial charge on any atom is 0.142 e. The van der Waals surface area contributed by atoms with Crippen molar-refractivity contribution in [2.24, 2.45) is 0 Å². The zero-order chi connectivity index (χ0) is 17.5. The van der Waals surface area contributed by atoms with Crippen LogP contribution in [0.3, 0.4) is 0 Å². The molecule has 0 heterocycles. The highest BCUT2D eigenvalue weighted by atomic mass is 16.1. The van der Waals surface area contributed by atoms with Gasteiger partial charge in [-0.1, -0.05) is 77.0 Å². The maximum atomic E-state index is 10.2. The molecule has 0 N–H and O–H groups in total. The van der Waals surface area contributed by atoms with Gasteiger partial charge in [0.2, 0.25) is 0 Å². The third kappa shape index (κ3) is 14.5. The summed E-state index contributed by atoms with van der Waals surface area (Å²) in [5.74, 6) is 0. The van der Waals surface area contributed by atoms with E-state index in [1.165, 1.54) is 22.8 Å². The summed E-state index contributed by atoms with van der Waals surface area (Å²) in [4.78, 5) is 10.2. The number of rotatable bonds is 9. The van der Waals surface area contributed by atoms with Gasteiger partial charge in [0.05, 0.1) is 0 Å². The molecule has 0 amide bonds. The van der Waals surface area contributed by atoms with Crippen molar-refractivity contribution >= 4 is 6.29 Å². The van der Waals surface area contributed by atoms with Gasteiger partial charge in [-0.25, -0.2) is 0 Å². The zero-order valence-electron chi connectivity index (χ0n) is 15.2. The fourth-order valence-electron chi connectivity index (χ4n) is 1.75.